The Labute approximate surface area is 104 Å². The van der Waals surface area contributed by atoms with Crippen molar-refractivity contribution in [2.75, 3.05) is 5.32 Å². The number of para-hydroxylation sites is 1. The molecule has 0 fully saturated rings. The molecule has 0 radical (unpaired) electrons. The highest BCUT2D eigenvalue weighted by Crippen LogP contribution is 2.35. The number of fused-ring (bicyclic) bond motifs is 1. The molecule has 2 aromatic rings. The number of anilines is 1. The minimum atomic E-state index is -0.247. The third kappa shape index (κ3) is 1.89. The molecule has 0 spiro atoms. The van der Waals surface area contributed by atoms with Gasteiger partial charge in [-0.1, -0.05) is 35.9 Å². The average molecular weight is 248 g/mol. The number of rotatable bonds is 1. The largest absolute Gasteiger partial charge is 0.378 e. The molecule has 0 amide bonds. The van der Waals surface area contributed by atoms with Crippen LogP contribution in [0.15, 0.2) is 42.5 Å². The van der Waals surface area contributed by atoms with Crippen LogP contribution in [0.3, 0.4) is 0 Å². The van der Waals surface area contributed by atoms with E-state index in [-0.39, 0.29) is 11.9 Å². The van der Waals surface area contributed by atoms with E-state index in [1.54, 1.807) is 12.1 Å². The standard InChI is InChI=1S/C14H11ClFN/c15-10-5-6-11(12(16)8-10)14-7-9-3-1-2-4-13(9)17-14/h1-6,8,14,17H,7H2. The van der Waals surface area contributed by atoms with Crippen LogP contribution < -0.4 is 5.32 Å². The highest BCUT2D eigenvalue weighted by molar-refractivity contribution is 6.30. The molecule has 0 aliphatic carbocycles. The third-order valence-corrected chi connectivity index (χ3v) is 3.34. The van der Waals surface area contributed by atoms with E-state index in [0.717, 1.165) is 12.1 Å². The third-order valence-electron chi connectivity index (χ3n) is 3.11. The van der Waals surface area contributed by atoms with Crippen LogP contribution in [0.25, 0.3) is 0 Å². The fourth-order valence-corrected chi connectivity index (χ4v) is 2.43. The van der Waals surface area contributed by atoms with E-state index in [9.17, 15) is 4.39 Å². The van der Waals surface area contributed by atoms with E-state index in [0.29, 0.717) is 10.6 Å². The highest BCUT2D eigenvalue weighted by atomic mass is 35.5. The van der Waals surface area contributed by atoms with Crippen molar-refractivity contribution < 1.29 is 4.39 Å². The molecule has 3 heteroatoms. The van der Waals surface area contributed by atoms with Crippen LogP contribution in [0.2, 0.25) is 5.02 Å². The maximum absolute atomic E-state index is 13.8. The monoisotopic (exact) mass is 247 g/mol. The number of halogens is 2. The molecule has 1 unspecified atom stereocenters. The van der Waals surface area contributed by atoms with Gasteiger partial charge in [0.05, 0.1) is 6.04 Å². The Bertz CT molecular complexity index is 543. The second-order valence-corrected chi connectivity index (χ2v) is 4.66. The lowest BCUT2D eigenvalue weighted by Crippen LogP contribution is -2.07. The topological polar surface area (TPSA) is 12.0 Å². The van der Waals surface area contributed by atoms with Crippen LogP contribution in [-0.4, -0.2) is 0 Å². The summed E-state index contributed by atoms with van der Waals surface area (Å²) in [6.07, 6.45) is 0.814. The van der Waals surface area contributed by atoms with Gasteiger partial charge in [0.25, 0.3) is 0 Å². The van der Waals surface area contributed by atoms with Crippen molar-refractivity contribution in [3.05, 3.63) is 64.4 Å². The van der Waals surface area contributed by atoms with Crippen molar-refractivity contribution in [1.82, 2.24) is 0 Å². The van der Waals surface area contributed by atoms with Gasteiger partial charge in [-0.25, -0.2) is 4.39 Å². The minimum Gasteiger partial charge on any atom is -0.378 e. The SMILES string of the molecule is Fc1cc(Cl)ccc1C1Cc2ccccc2N1. The van der Waals surface area contributed by atoms with Gasteiger partial charge in [0.2, 0.25) is 0 Å². The van der Waals surface area contributed by atoms with Crippen molar-refractivity contribution >= 4 is 17.3 Å². The fourth-order valence-electron chi connectivity index (χ4n) is 2.27. The summed E-state index contributed by atoms with van der Waals surface area (Å²) in [7, 11) is 0. The van der Waals surface area contributed by atoms with E-state index < -0.39 is 0 Å². The molecule has 2 aromatic carbocycles. The molecule has 1 aliphatic heterocycles. The Hall–Kier alpha value is -1.54. The summed E-state index contributed by atoms with van der Waals surface area (Å²) in [5.41, 5.74) is 2.99. The van der Waals surface area contributed by atoms with E-state index in [1.165, 1.54) is 11.6 Å². The van der Waals surface area contributed by atoms with Crippen LogP contribution in [-0.2, 0) is 6.42 Å². The summed E-state index contributed by atoms with van der Waals surface area (Å²) in [5, 5.41) is 3.76. The van der Waals surface area contributed by atoms with E-state index in [1.807, 2.05) is 18.2 Å². The lowest BCUT2D eigenvalue weighted by molar-refractivity contribution is 0.596. The Morgan fingerprint density at radius 2 is 2.00 bits per heavy atom. The first kappa shape index (κ1) is 10.6. The van der Waals surface area contributed by atoms with Gasteiger partial charge in [-0.3, -0.25) is 0 Å². The van der Waals surface area contributed by atoms with Crippen LogP contribution in [0.4, 0.5) is 10.1 Å². The molecule has 86 valence electrons. The Kier molecular flexibility index (Phi) is 2.52. The average Bonchev–Trinajstić information content (AvgIpc) is 2.72. The van der Waals surface area contributed by atoms with Gasteiger partial charge in [0.1, 0.15) is 5.82 Å². The molecule has 3 rings (SSSR count). The van der Waals surface area contributed by atoms with Gasteiger partial charge < -0.3 is 5.32 Å². The van der Waals surface area contributed by atoms with Crippen molar-refractivity contribution in [3.8, 4) is 0 Å². The Balaban J connectivity index is 1.94. The smallest absolute Gasteiger partial charge is 0.129 e. The summed E-state index contributed by atoms with van der Waals surface area (Å²) in [5.74, 6) is -0.247. The number of hydrogen-bond acceptors (Lipinski definition) is 1. The number of benzene rings is 2. The Morgan fingerprint density at radius 1 is 1.18 bits per heavy atom. The normalized spacial score (nSPS) is 17.6. The summed E-state index contributed by atoms with van der Waals surface area (Å²) >= 11 is 5.75. The zero-order chi connectivity index (χ0) is 11.8. The van der Waals surface area contributed by atoms with Crippen molar-refractivity contribution in [3.63, 3.8) is 0 Å². The predicted molar refractivity (Wildman–Crippen MR) is 67.9 cm³/mol. The first-order chi connectivity index (χ1) is 8.24. The molecule has 0 aromatic heterocycles. The quantitative estimate of drug-likeness (QED) is 0.797. The summed E-state index contributed by atoms with van der Waals surface area (Å²) in [4.78, 5) is 0. The number of nitrogens with one attached hydrogen (secondary N) is 1. The molecule has 0 saturated carbocycles. The Morgan fingerprint density at radius 3 is 2.76 bits per heavy atom. The zero-order valence-corrected chi connectivity index (χ0v) is 9.84. The lowest BCUT2D eigenvalue weighted by atomic mass is 10.0. The van der Waals surface area contributed by atoms with E-state index >= 15 is 0 Å². The summed E-state index contributed by atoms with van der Waals surface area (Å²) < 4.78 is 13.8. The van der Waals surface area contributed by atoms with Crippen LogP contribution in [0.5, 0.6) is 0 Å². The zero-order valence-electron chi connectivity index (χ0n) is 9.08. The maximum Gasteiger partial charge on any atom is 0.129 e. The number of hydrogen-bond donors (Lipinski definition) is 1. The summed E-state index contributed by atoms with van der Waals surface area (Å²) in [6.45, 7) is 0. The predicted octanol–water partition coefficient (Wildman–Crippen LogP) is 4.19. The molecular weight excluding hydrogens is 237 g/mol. The van der Waals surface area contributed by atoms with Gasteiger partial charge in [0, 0.05) is 16.3 Å². The van der Waals surface area contributed by atoms with Crippen molar-refractivity contribution in [2.24, 2.45) is 0 Å². The van der Waals surface area contributed by atoms with Gasteiger partial charge in [-0.05, 0) is 30.2 Å². The maximum atomic E-state index is 13.8. The van der Waals surface area contributed by atoms with E-state index in [2.05, 4.69) is 11.4 Å². The van der Waals surface area contributed by atoms with Gasteiger partial charge in [-0.15, -0.1) is 0 Å². The molecule has 1 N–H and O–H groups in total. The van der Waals surface area contributed by atoms with Crippen molar-refractivity contribution in [2.45, 2.75) is 12.5 Å². The van der Waals surface area contributed by atoms with Gasteiger partial charge >= 0.3 is 0 Å². The minimum absolute atomic E-state index is 0.00432. The lowest BCUT2D eigenvalue weighted by Gasteiger charge is -2.12. The first-order valence-electron chi connectivity index (χ1n) is 5.53. The van der Waals surface area contributed by atoms with Gasteiger partial charge in [0.15, 0.2) is 0 Å². The van der Waals surface area contributed by atoms with Crippen LogP contribution in [0.1, 0.15) is 17.2 Å². The fraction of sp³-hybridized carbons (Fsp3) is 0.143. The molecule has 1 heterocycles. The molecule has 1 nitrogen and oxygen atoms in total. The van der Waals surface area contributed by atoms with Gasteiger partial charge in [-0.2, -0.15) is 0 Å². The molecule has 0 bridgehead atoms. The molecule has 1 aliphatic rings. The van der Waals surface area contributed by atoms with Crippen molar-refractivity contribution in [1.29, 1.82) is 0 Å². The first-order valence-corrected chi connectivity index (χ1v) is 5.91. The second-order valence-electron chi connectivity index (χ2n) is 4.22. The molecule has 0 saturated heterocycles. The summed E-state index contributed by atoms with van der Waals surface area (Å²) in [6, 6.07) is 12.9. The molecule has 1 atom stereocenters. The second kappa shape index (κ2) is 4.04. The molecular formula is C14H11ClFN. The van der Waals surface area contributed by atoms with Crippen LogP contribution >= 0.6 is 11.6 Å². The highest BCUT2D eigenvalue weighted by Gasteiger charge is 2.23. The molecule has 17 heavy (non-hydrogen) atoms. The van der Waals surface area contributed by atoms with E-state index in [4.69, 9.17) is 11.6 Å². The van der Waals surface area contributed by atoms with Crippen LogP contribution in [0, 0.1) is 5.82 Å².